The van der Waals surface area contributed by atoms with Crippen molar-refractivity contribution in [1.29, 1.82) is 0 Å². The quantitative estimate of drug-likeness (QED) is 0.461. The van der Waals surface area contributed by atoms with E-state index in [1.807, 2.05) is 0 Å². The third kappa shape index (κ3) is 4.22. The minimum Gasteiger partial charge on any atom is -0.489 e. The predicted octanol–water partition coefficient (Wildman–Crippen LogP) is 6.34. The maximum absolute atomic E-state index is 6.31. The first-order valence-electron chi connectivity index (χ1n) is 7.35. The molecule has 0 saturated carbocycles. The van der Waals surface area contributed by atoms with Gasteiger partial charge in [0.2, 0.25) is 5.79 Å². The molecule has 0 N–H and O–H groups in total. The van der Waals surface area contributed by atoms with E-state index in [9.17, 15) is 0 Å². The van der Waals surface area contributed by atoms with E-state index in [2.05, 4.69) is 15.9 Å². The lowest BCUT2D eigenvalue weighted by Gasteiger charge is -2.27. The van der Waals surface area contributed by atoms with Gasteiger partial charge in [-0.05, 0) is 24.3 Å². The zero-order valence-electron chi connectivity index (χ0n) is 12.8. The molecule has 8 heteroatoms. The van der Waals surface area contributed by atoms with E-state index in [0.29, 0.717) is 43.3 Å². The number of hydrogen-bond donors (Lipinski definition) is 0. The van der Waals surface area contributed by atoms with Crippen LogP contribution < -0.4 is 4.74 Å². The smallest absolute Gasteiger partial charge is 0.206 e. The van der Waals surface area contributed by atoms with Crippen LogP contribution in [0.15, 0.2) is 36.4 Å². The van der Waals surface area contributed by atoms with Crippen LogP contribution in [0.1, 0.15) is 5.56 Å². The largest absolute Gasteiger partial charge is 0.489 e. The molecule has 1 fully saturated rings. The van der Waals surface area contributed by atoms with E-state index in [1.54, 1.807) is 36.4 Å². The van der Waals surface area contributed by atoms with Gasteiger partial charge in [-0.15, -0.1) is 0 Å². The van der Waals surface area contributed by atoms with Crippen LogP contribution in [0.5, 0.6) is 5.75 Å². The minimum absolute atomic E-state index is 0.264. The summed E-state index contributed by atoms with van der Waals surface area (Å²) in [5, 5.41) is 2.25. The van der Waals surface area contributed by atoms with Crippen molar-refractivity contribution in [2.45, 2.75) is 11.9 Å². The Hall–Kier alpha value is -0.200. The summed E-state index contributed by atoms with van der Waals surface area (Å²) in [4.78, 5) is 0. The van der Waals surface area contributed by atoms with Crippen LogP contribution in [-0.4, -0.2) is 24.6 Å². The van der Waals surface area contributed by atoms with E-state index >= 15 is 0 Å². The van der Waals surface area contributed by atoms with Gasteiger partial charge >= 0.3 is 0 Å². The van der Waals surface area contributed by atoms with Gasteiger partial charge in [0.05, 0.1) is 22.0 Å². The molecule has 0 aromatic heterocycles. The van der Waals surface area contributed by atoms with E-state index < -0.39 is 5.79 Å². The molecule has 1 saturated heterocycles. The molecular formula is C17H13BrCl4O3. The van der Waals surface area contributed by atoms with Gasteiger partial charge in [0.25, 0.3) is 0 Å². The second-order valence-corrected chi connectivity index (χ2v) is 7.61. The zero-order chi connectivity index (χ0) is 18.0. The molecule has 0 radical (unpaired) electrons. The highest BCUT2D eigenvalue weighted by atomic mass is 79.9. The van der Waals surface area contributed by atoms with Crippen molar-refractivity contribution in [1.82, 2.24) is 0 Å². The lowest BCUT2D eigenvalue weighted by molar-refractivity contribution is -0.159. The van der Waals surface area contributed by atoms with Gasteiger partial charge in [-0.3, -0.25) is 0 Å². The highest BCUT2D eigenvalue weighted by Gasteiger charge is 2.44. The van der Waals surface area contributed by atoms with Crippen molar-refractivity contribution in [2.75, 3.05) is 18.5 Å². The first-order valence-corrected chi connectivity index (χ1v) is 9.98. The first kappa shape index (κ1) is 19.6. The lowest BCUT2D eigenvalue weighted by Crippen LogP contribution is -2.31. The second-order valence-electron chi connectivity index (χ2n) is 5.42. The Morgan fingerprint density at radius 1 is 1.12 bits per heavy atom. The molecule has 0 bridgehead atoms. The van der Waals surface area contributed by atoms with Gasteiger partial charge in [-0.2, -0.15) is 0 Å². The Bertz CT molecular complexity index is 774. The monoisotopic (exact) mass is 484 g/mol. The second kappa shape index (κ2) is 8.22. The Morgan fingerprint density at radius 3 is 2.64 bits per heavy atom. The predicted molar refractivity (Wildman–Crippen MR) is 105 cm³/mol. The van der Waals surface area contributed by atoms with Crippen molar-refractivity contribution >= 4 is 62.3 Å². The summed E-state index contributed by atoms with van der Waals surface area (Å²) in [5.41, 5.74) is 0.707. The number of ether oxygens (including phenoxy) is 3. The molecule has 2 atom stereocenters. The van der Waals surface area contributed by atoms with Crippen molar-refractivity contribution in [3.8, 4) is 5.75 Å². The zero-order valence-corrected chi connectivity index (χ0v) is 17.4. The molecule has 134 valence electrons. The van der Waals surface area contributed by atoms with E-state index in [1.165, 1.54) is 0 Å². The van der Waals surface area contributed by atoms with Crippen molar-refractivity contribution < 1.29 is 14.2 Å². The molecule has 25 heavy (non-hydrogen) atoms. The van der Waals surface area contributed by atoms with Crippen LogP contribution in [0.3, 0.4) is 0 Å². The fraction of sp³-hybridized carbons (Fsp3) is 0.294. The van der Waals surface area contributed by atoms with Crippen molar-refractivity contribution in [3.05, 3.63) is 62.1 Å². The number of halogens is 5. The summed E-state index contributed by atoms with van der Waals surface area (Å²) in [7, 11) is 0. The molecule has 2 aromatic rings. The van der Waals surface area contributed by atoms with Crippen molar-refractivity contribution in [2.24, 2.45) is 0 Å². The Morgan fingerprint density at radius 2 is 1.92 bits per heavy atom. The van der Waals surface area contributed by atoms with Crippen LogP contribution >= 0.6 is 62.3 Å². The molecule has 3 nitrogen and oxygen atoms in total. The molecule has 2 aromatic carbocycles. The normalized spacial score (nSPS) is 23.0. The van der Waals surface area contributed by atoms with E-state index in [4.69, 9.17) is 60.6 Å². The highest BCUT2D eigenvalue weighted by Crippen LogP contribution is 2.40. The summed E-state index contributed by atoms with van der Waals surface area (Å²) in [6.45, 7) is 0.614. The maximum atomic E-state index is 6.31. The summed E-state index contributed by atoms with van der Waals surface area (Å²) in [6.07, 6.45) is -0.292. The molecule has 1 aliphatic heterocycles. The number of rotatable bonds is 5. The number of alkyl halides is 1. The molecule has 2 unspecified atom stereocenters. The molecule has 0 aliphatic carbocycles. The standard InChI is InChI=1S/C17H13BrCl4O3/c18-9-17(12-5-4-10(19)6-14(12)21)24-8-11(25-17)7-23-15-3-1-2-13(20)16(15)22/h1-6,11H,7-9H2. The van der Waals surface area contributed by atoms with E-state index in [0.717, 1.165) is 0 Å². The third-order valence-corrected chi connectivity index (χ3v) is 5.81. The van der Waals surface area contributed by atoms with E-state index in [-0.39, 0.29) is 12.7 Å². The molecular weight excluding hydrogens is 474 g/mol. The van der Waals surface area contributed by atoms with Gasteiger partial charge in [-0.25, -0.2) is 0 Å². The SMILES string of the molecule is Clc1ccc(C2(CBr)OCC(COc3cccc(Cl)c3Cl)O2)c(Cl)c1. The van der Waals surface area contributed by atoms with Crippen LogP contribution in [0.25, 0.3) is 0 Å². The van der Waals surface area contributed by atoms with Gasteiger partial charge in [-0.1, -0.05) is 74.5 Å². The minimum atomic E-state index is -0.992. The number of benzene rings is 2. The van der Waals surface area contributed by atoms with Crippen LogP contribution in [0, 0.1) is 0 Å². The Labute approximate surface area is 174 Å². The molecule has 0 spiro atoms. The first-order chi connectivity index (χ1) is 11.9. The Balaban J connectivity index is 1.72. The molecule has 1 aliphatic rings. The number of hydrogen-bond acceptors (Lipinski definition) is 3. The average molecular weight is 487 g/mol. The van der Waals surface area contributed by atoms with Crippen LogP contribution in [-0.2, 0) is 15.3 Å². The summed E-state index contributed by atoms with van der Waals surface area (Å²) >= 11 is 27.8. The Kier molecular flexibility index (Phi) is 6.43. The summed E-state index contributed by atoms with van der Waals surface area (Å²) < 4.78 is 17.7. The maximum Gasteiger partial charge on any atom is 0.206 e. The fourth-order valence-corrected chi connectivity index (χ4v) is 4.00. The fourth-order valence-electron chi connectivity index (χ4n) is 2.51. The topological polar surface area (TPSA) is 27.7 Å². The van der Waals surface area contributed by atoms with Gasteiger partial charge < -0.3 is 14.2 Å². The molecule has 3 rings (SSSR count). The molecule has 0 amide bonds. The van der Waals surface area contributed by atoms with Gasteiger partial charge in [0.1, 0.15) is 23.5 Å². The van der Waals surface area contributed by atoms with Crippen LogP contribution in [0.4, 0.5) is 0 Å². The van der Waals surface area contributed by atoms with Gasteiger partial charge in [0, 0.05) is 10.6 Å². The lowest BCUT2D eigenvalue weighted by atomic mass is 10.1. The molecule has 1 heterocycles. The van der Waals surface area contributed by atoms with Crippen molar-refractivity contribution in [3.63, 3.8) is 0 Å². The summed E-state index contributed by atoms with van der Waals surface area (Å²) in [5.74, 6) is -0.494. The van der Waals surface area contributed by atoms with Crippen LogP contribution in [0.2, 0.25) is 20.1 Å². The highest BCUT2D eigenvalue weighted by molar-refractivity contribution is 9.09. The summed E-state index contributed by atoms with van der Waals surface area (Å²) in [6, 6.07) is 10.4. The average Bonchev–Trinajstić information content (AvgIpc) is 3.01. The third-order valence-electron chi connectivity index (χ3n) is 3.72. The van der Waals surface area contributed by atoms with Gasteiger partial charge in [0.15, 0.2) is 0 Å².